The van der Waals surface area contributed by atoms with Gasteiger partial charge in [0.2, 0.25) is 0 Å². The van der Waals surface area contributed by atoms with E-state index in [2.05, 4.69) is 50.4 Å². The second-order valence-electron chi connectivity index (χ2n) is 8.34. The van der Waals surface area contributed by atoms with Crippen LogP contribution >= 0.6 is 0 Å². The van der Waals surface area contributed by atoms with Crippen LogP contribution in [0.2, 0.25) is 0 Å². The summed E-state index contributed by atoms with van der Waals surface area (Å²) in [5.74, 6) is 6.53. The Labute approximate surface area is 199 Å². The van der Waals surface area contributed by atoms with E-state index in [9.17, 15) is 14.7 Å². The fourth-order valence-corrected chi connectivity index (χ4v) is 4.23. The number of hydrogen-bond acceptors (Lipinski definition) is 3. The number of para-hydroxylation sites is 1. The summed E-state index contributed by atoms with van der Waals surface area (Å²) >= 11 is 0. The maximum Gasteiger partial charge on any atom is 0.407 e. The Balaban J connectivity index is 1.28. The average Bonchev–Trinajstić information content (AvgIpc) is 3.24. The van der Waals surface area contributed by atoms with Crippen LogP contribution in [0.15, 0.2) is 55.0 Å². The second-order valence-corrected chi connectivity index (χ2v) is 8.34. The van der Waals surface area contributed by atoms with Gasteiger partial charge in [-0.3, -0.25) is 4.98 Å². The number of aromatic nitrogens is 2. The Morgan fingerprint density at radius 2 is 1.94 bits per heavy atom. The molecule has 0 spiro atoms. The molecule has 2 aromatic heterocycles. The molecule has 1 aliphatic heterocycles. The van der Waals surface area contributed by atoms with Crippen molar-refractivity contribution in [3.8, 4) is 11.8 Å². The molecule has 0 bridgehead atoms. The summed E-state index contributed by atoms with van der Waals surface area (Å²) in [6, 6.07) is 12.0. The largest absolute Gasteiger partial charge is 0.465 e. The van der Waals surface area contributed by atoms with Crippen molar-refractivity contribution >= 4 is 23.0 Å². The van der Waals surface area contributed by atoms with E-state index in [1.54, 1.807) is 12.4 Å². The molecule has 3 amide bonds. The summed E-state index contributed by atoms with van der Waals surface area (Å²) in [6.07, 6.45) is 7.72. The molecule has 3 N–H and O–H groups in total. The van der Waals surface area contributed by atoms with E-state index in [1.807, 2.05) is 24.3 Å². The molecule has 0 aliphatic carbocycles. The summed E-state index contributed by atoms with van der Waals surface area (Å²) in [4.78, 5) is 28.6. The fraction of sp³-hybridized carbons (Fsp3) is 0.346. The molecule has 3 aromatic rings. The zero-order chi connectivity index (χ0) is 23.8. The van der Waals surface area contributed by atoms with Crippen LogP contribution in [0.5, 0.6) is 0 Å². The maximum atomic E-state index is 11.9. The number of rotatable bonds is 6. The Kier molecular flexibility index (Phi) is 7.66. The Morgan fingerprint density at radius 3 is 2.71 bits per heavy atom. The van der Waals surface area contributed by atoms with Gasteiger partial charge >= 0.3 is 12.1 Å². The Bertz CT molecular complexity index is 1190. The first-order chi connectivity index (χ1) is 16.6. The van der Waals surface area contributed by atoms with E-state index < -0.39 is 6.09 Å². The zero-order valence-corrected chi connectivity index (χ0v) is 19.0. The second kappa shape index (κ2) is 11.2. The highest BCUT2D eigenvalue weighted by atomic mass is 16.4. The van der Waals surface area contributed by atoms with E-state index >= 15 is 0 Å². The number of hydrogen-bond donors (Lipinski definition) is 3. The van der Waals surface area contributed by atoms with Gasteiger partial charge in [0.1, 0.15) is 0 Å². The molecule has 176 valence electrons. The maximum absolute atomic E-state index is 11.9. The predicted octanol–water partition coefficient (Wildman–Crippen LogP) is 3.98. The smallest absolute Gasteiger partial charge is 0.407 e. The van der Waals surface area contributed by atoms with Gasteiger partial charge in [0.25, 0.3) is 0 Å². The number of unbranched alkanes of at least 4 members (excludes halogenated alkanes) is 1. The number of carbonyl (C=O) groups is 2. The SMILES string of the molecule is O=C(NCCCC#Cc1cn(C2CCN(C(=O)O)CC2)c2ccccc12)NCc1cccnc1. The van der Waals surface area contributed by atoms with Crippen molar-refractivity contribution in [3.05, 3.63) is 66.1 Å². The van der Waals surface area contributed by atoms with Crippen LogP contribution < -0.4 is 10.6 Å². The minimum Gasteiger partial charge on any atom is -0.465 e. The molecule has 1 fully saturated rings. The van der Waals surface area contributed by atoms with Gasteiger partial charge < -0.3 is 25.2 Å². The van der Waals surface area contributed by atoms with Crippen LogP contribution in [0.25, 0.3) is 10.9 Å². The monoisotopic (exact) mass is 459 g/mol. The van der Waals surface area contributed by atoms with Crippen molar-refractivity contribution in [1.82, 2.24) is 25.1 Å². The van der Waals surface area contributed by atoms with E-state index in [0.29, 0.717) is 32.6 Å². The number of nitrogens with zero attached hydrogens (tertiary/aromatic N) is 3. The summed E-state index contributed by atoms with van der Waals surface area (Å²) in [7, 11) is 0. The number of urea groups is 1. The third-order valence-electron chi connectivity index (χ3n) is 6.03. The first-order valence-corrected chi connectivity index (χ1v) is 11.6. The third-order valence-corrected chi connectivity index (χ3v) is 6.03. The fourth-order valence-electron chi connectivity index (χ4n) is 4.23. The van der Waals surface area contributed by atoms with E-state index in [0.717, 1.165) is 41.3 Å². The summed E-state index contributed by atoms with van der Waals surface area (Å²) in [6.45, 7) is 2.10. The average molecular weight is 460 g/mol. The lowest BCUT2D eigenvalue weighted by Gasteiger charge is -2.31. The molecule has 8 heteroatoms. The summed E-state index contributed by atoms with van der Waals surface area (Å²) in [5, 5.41) is 16.0. The summed E-state index contributed by atoms with van der Waals surface area (Å²) in [5.41, 5.74) is 3.07. The highest BCUT2D eigenvalue weighted by Crippen LogP contribution is 2.30. The van der Waals surface area contributed by atoms with Gasteiger partial charge in [0, 0.05) is 68.1 Å². The van der Waals surface area contributed by atoms with Crippen molar-refractivity contribution in [2.75, 3.05) is 19.6 Å². The van der Waals surface area contributed by atoms with Crippen molar-refractivity contribution in [3.63, 3.8) is 0 Å². The number of amides is 3. The minimum absolute atomic E-state index is 0.200. The molecule has 0 saturated carbocycles. The lowest BCUT2D eigenvalue weighted by molar-refractivity contribution is 0.126. The van der Waals surface area contributed by atoms with Gasteiger partial charge in [-0.1, -0.05) is 36.1 Å². The molecule has 0 unspecified atom stereocenters. The molecule has 8 nitrogen and oxygen atoms in total. The molecular weight excluding hydrogens is 430 g/mol. The van der Waals surface area contributed by atoms with Crippen LogP contribution in [-0.4, -0.2) is 51.3 Å². The van der Waals surface area contributed by atoms with Crippen molar-refractivity contribution in [2.24, 2.45) is 0 Å². The van der Waals surface area contributed by atoms with Gasteiger partial charge in [0.15, 0.2) is 0 Å². The zero-order valence-electron chi connectivity index (χ0n) is 19.0. The molecule has 3 heterocycles. The highest BCUT2D eigenvalue weighted by Gasteiger charge is 2.24. The number of fused-ring (bicyclic) bond motifs is 1. The van der Waals surface area contributed by atoms with Gasteiger partial charge in [-0.15, -0.1) is 0 Å². The third kappa shape index (κ3) is 5.87. The van der Waals surface area contributed by atoms with Crippen LogP contribution in [0.3, 0.4) is 0 Å². The molecule has 1 saturated heterocycles. The Hall–Kier alpha value is -3.99. The number of benzene rings is 1. The molecule has 34 heavy (non-hydrogen) atoms. The lowest BCUT2D eigenvalue weighted by Crippen LogP contribution is -2.37. The van der Waals surface area contributed by atoms with Gasteiger partial charge in [-0.2, -0.15) is 0 Å². The van der Waals surface area contributed by atoms with Crippen molar-refractivity contribution < 1.29 is 14.7 Å². The molecule has 0 radical (unpaired) electrons. The number of piperidine rings is 1. The number of carbonyl (C=O) groups excluding carboxylic acids is 1. The molecule has 0 atom stereocenters. The number of nitrogens with one attached hydrogen (secondary N) is 2. The highest BCUT2D eigenvalue weighted by molar-refractivity contribution is 5.87. The molecule has 4 rings (SSSR count). The number of pyridine rings is 1. The topological polar surface area (TPSA) is 99.5 Å². The van der Waals surface area contributed by atoms with Crippen LogP contribution in [0.4, 0.5) is 9.59 Å². The van der Waals surface area contributed by atoms with E-state index in [1.165, 1.54) is 4.90 Å². The van der Waals surface area contributed by atoms with Crippen LogP contribution in [0, 0.1) is 11.8 Å². The number of carboxylic acid groups (broad SMARTS) is 1. The van der Waals surface area contributed by atoms with E-state index in [-0.39, 0.29) is 12.1 Å². The lowest BCUT2D eigenvalue weighted by atomic mass is 10.1. The van der Waals surface area contributed by atoms with Crippen molar-refractivity contribution in [2.45, 2.75) is 38.3 Å². The first kappa shape index (κ1) is 23.2. The van der Waals surface area contributed by atoms with Crippen LogP contribution in [-0.2, 0) is 6.54 Å². The quantitative estimate of drug-likeness (QED) is 0.383. The minimum atomic E-state index is -0.845. The summed E-state index contributed by atoms with van der Waals surface area (Å²) < 4.78 is 2.26. The predicted molar refractivity (Wildman–Crippen MR) is 130 cm³/mol. The van der Waals surface area contributed by atoms with Gasteiger partial charge in [-0.25, -0.2) is 9.59 Å². The standard InChI is InChI=1S/C26H29N5O3/c32-25(29-18-20-7-6-13-27-17-20)28-14-5-1-2-8-21-19-31(24-10-4-3-9-23(21)24)22-11-15-30(16-12-22)26(33)34/h3-4,6-7,9-10,13,17,19,22H,1,5,11-12,14-16,18H2,(H,33,34)(H2,28,29,32). The normalized spacial score (nSPS) is 13.8. The van der Waals surface area contributed by atoms with Gasteiger partial charge in [0.05, 0.1) is 5.56 Å². The van der Waals surface area contributed by atoms with Gasteiger partial charge in [-0.05, 0) is 37.0 Å². The first-order valence-electron chi connectivity index (χ1n) is 11.6. The Morgan fingerprint density at radius 1 is 1.12 bits per heavy atom. The molecular formula is C26H29N5O3. The molecule has 1 aliphatic rings. The van der Waals surface area contributed by atoms with E-state index in [4.69, 9.17) is 0 Å². The molecule has 1 aromatic carbocycles. The van der Waals surface area contributed by atoms with Crippen molar-refractivity contribution in [1.29, 1.82) is 0 Å². The van der Waals surface area contributed by atoms with Crippen LogP contribution in [0.1, 0.15) is 42.9 Å². The number of likely N-dealkylation sites (tertiary alicyclic amines) is 1.